The first-order valence-electron chi connectivity index (χ1n) is 21.0. The van der Waals surface area contributed by atoms with Crippen molar-refractivity contribution in [3.63, 3.8) is 0 Å². The Bertz CT molecular complexity index is 4040. The van der Waals surface area contributed by atoms with Gasteiger partial charge < -0.3 is 18.0 Å². The maximum absolute atomic E-state index is 6.29. The van der Waals surface area contributed by atoms with Gasteiger partial charge >= 0.3 is 0 Å². The number of hydrogen-bond acceptors (Lipinski definition) is 3. The van der Waals surface area contributed by atoms with Gasteiger partial charge in [-0.3, -0.25) is 0 Å². The van der Waals surface area contributed by atoms with E-state index in [2.05, 4.69) is 185 Å². The summed E-state index contributed by atoms with van der Waals surface area (Å²) in [7, 11) is 0. The van der Waals surface area contributed by atoms with E-state index in [-0.39, 0.29) is 0 Å². The SMILES string of the molecule is c1ccc2c(-n3c4ccccc4c4ccc5c6ccccc6n(-c6cc(-c7ccc8oc9ccccc9c8c7)nc(-c7ccc8oc9ccccc9c8c7)c6)c5c43)cccc2c1. The molecule has 14 aromatic rings. The highest BCUT2D eigenvalue weighted by molar-refractivity contribution is 6.24. The number of hydrogen-bond donors (Lipinski definition) is 0. The molecule has 5 nitrogen and oxygen atoms in total. The van der Waals surface area contributed by atoms with Crippen LogP contribution in [0.25, 0.3) is 132 Å². The van der Waals surface area contributed by atoms with E-state index in [0.29, 0.717) is 0 Å². The predicted molar refractivity (Wildman–Crippen MR) is 256 cm³/mol. The van der Waals surface area contributed by atoms with Gasteiger partial charge in [0.15, 0.2) is 0 Å². The second-order valence-corrected chi connectivity index (χ2v) is 16.3. The van der Waals surface area contributed by atoms with Gasteiger partial charge in [-0.05, 0) is 84.2 Å². The number of aromatic nitrogens is 3. The van der Waals surface area contributed by atoms with E-state index in [4.69, 9.17) is 13.8 Å². The summed E-state index contributed by atoms with van der Waals surface area (Å²) >= 11 is 0. The van der Waals surface area contributed by atoms with Crippen molar-refractivity contribution in [2.45, 2.75) is 0 Å². The molecule has 9 aromatic carbocycles. The molecular weight excluding hydrogens is 759 g/mol. The molecule has 0 N–H and O–H groups in total. The van der Waals surface area contributed by atoms with Crippen LogP contribution in [0.1, 0.15) is 0 Å². The van der Waals surface area contributed by atoms with E-state index in [1.165, 1.54) is 37.8 Å². The first kappa shape index (κ1) is 33.4. The lowest BCUT2D eigenvalue weighted by molar-refractivity contribution is 0.668. The minimum Gasteiger partial charge on any atom is -0.456 e. The molecule has 0 fully saturated rings. The molecule has 0 radical (unpaired) electrons. The Morgan fingerprint density at radius 1 is 0.323 bits per heavy atom. The van der Waals surface area contributed by atoms with Gasteiger partial charge in [0.05, 0.1) is 44.8 Å². The molecule has 0 aliphatic carbocycles. The minimum absolute atomic E-state index is 0.856. The minimum atomic E-state index is 0.856. The molecular formula is C57H33N3O2. The summed E-state index contributed by atoms with van der Waals surface area (Å²) in [6.07, 6.45) is 0. The average Bonchev–Trinajstić information content (AvgIpc) is 4.08. The number of nitrogens with zero attached hydrogens (tertiary/aromatic N) is 3. The second kappa shape index (κ2) is 12.6. The Balaban J connectivity index is 1.12. The first-order chi connectivity index (χ1) is 30.7. The molecule has 5 heterocycles. The molecule has 0 amide bonds. The zero-order chi connectivity index (χ0) is 40.5. The summed E-state index contributed by atoms with van der Waals surface area (Å²) in [6, 6.07) is 71.5. The van der Waals surface area contributed by atoms with Crippen LogP contribution in [0.15, 0.2) is 209 Å². The van der Waals surface area contributed by atoms with Crippen molar-refractivity contribution in [3.8, 4) is 33.9 Å². The molecule has 62 heavy (non-hydrogen) atoms. The van der Waals surface area contributed by atoms with Crippen molar-refractivity contribution in [2.75, 3.05) is 0 Å². The molecule has 0 aliphatic heterocycles. The van der Waals surface area contributed by atoms with Crippen molar-refractivity contribution in [3.05, 3.63) is 200 Å². The maximum atomic E-state index is 6.29. The maximum Gasteiger partial charge on any atom is 0.135 e. The number of benzene rings is 9. The molecule has 14 rings (SSSR count). The van der Waals surface area contributed by atoms with Crippen LogP contribution in [0.2, 0.25) is 0 Å². The van der Waals surface area contributed by atoms with Crippen LogP contribution >= 0.6 is 0 Å². The van der Waals surface area contributed by atoms with E-state index in [0.717, 1.165) is 94.3 Å². The number of pyridine rings is 1. The lowest BCUT2D eigenvalue weighted by atomic mass is 10.0. The van der Waals surface area contributed by atoms with Gasteiger partial charge in [0, 0.05) is 59.6 Å². The van der Waals surface area contributed by atoms with Gasteiger partial charge in [-0.25, -0.2) is 4.98 Å². The third-order valence-corrected chi connectivity index (χ3v) is 12.9. The van der Waals surface area contributed by atoms with Crippen molar-refractivity contribution < 1.29 is 8.83 Å². The monoisotopic (exact) mass is 791 g/mol. The van der Waals surface area contributed by atoms with Gasteiger partial charge in [-0.15, -0.1) is 0 Å². The molecule has 5 aromatic heterocycles. The molecule has 288 valence electrons. The lowest BCUT2D eigenvalue weighted by Gasteiger charge is -2.16. The molecule has 0 aliphatic rings. The normalized spacial score (nSPS) is 12.2. The van der Waals surface area contributed by atoms with Gasteiger partial charge in [0.1, 0.15) is 22.3 Å². The van der Waals surface area contributed by atoms with Crippen molar-refractivity contribution >= 4 is 98.3 Å². The fraction of sp³-hybridized carbons (Fsp3) is 0. The molecule has 0 spiro atoms. The standard InChI is InChI=1S/C57H33N3O2/c1-2-14-38-34(12-1)13-11-21-49(38)60-51-20-8-4-16-40(51)44-27-26-43-39-15-3-7-19-50(39)59(56(43)57(44)60)37-32-47(35-24-28-54-45(30-35)41-17-5-9-22-52(41)61-54)58-48(33-37)36-25-29-55-46(31-36)42-18-6-10-23-53(42)62-55/h1-33H. The number of rotatable bonds is 4. The Morgan fingerprint density at radius 2 is 0.790 bits per heavy atom. The first-order valence-corrected chi connectivity index (χ1v) is 21.0. The molecule has 0 atom stereocenters. The average molecular weight is 792 g/mol. The van der Waals surface area contributed by atoms with Crippen LogP contribution in [0.4, 0.5) is 0 Å². The van der Waals surface area contributed by atoms with E-state index >= 15 is 0 Å². The zero-order valence-corrected chi connectivity index (χ0v) is 33.2. The van der Waals surface area contributed by atoms with E-state index < -0.39 is 0 Å². The van der Waals surface area contributed by atoms with Crippen molar-refractivity contribution in [1.82, 2.24) is 14.1 Å². The third-order valence-electron chi connectivity index (χ3n) is 12.9. The molecule has 0 bridgehead atoms. The smallest absolute Gasteiger partial charge is 0.135 e. The second-order valence-electron chi connectivity index (χ2n) is 16.3. The van der Waals surface area contributed by atoms with E-state index in [1.54, 1.807) is 0 Å². The van der Waals surface area contributed by atoms with Crippen molar-refractivity contribution in [2.24, 2.45) is 0 Å². The van der Waals surface area contributed by atoms with E-state index in [9.17, 15) is 0 Å². The molecule has 0 unspecified atom stereocenters. The van der Waals surface area contributed by atoms with Gasteiger partial charge in [0.25, 0.3) is 0 Å². The highest BCUT2D eigenvalue weighted by Crippen LogP contribution is 2.44. The summed E-state index contributed by atoms with van der Waals surface area (Å²) in [5, 5.41) is 11.5. The summed E-state index contributed by atoms with van der Waals surface area (Å²) < 4.78 is 17.5. The van der Waals surface area contributed by atoms with Gasteiger partial charge in [0.2, 0.25) is 0 Å². The number of para-hydroxylation sites is 4. The van der Waals surface area contributed by atoms with Crippen LogP contribution < -0.4 is 0 Å². The van der Waals surface area contributed by atoms with Crippen LogP contribution in [-0.4, -0.2) is 14.1 Å². The molecule has 0 saturated heterocycles. The summed E-state index contributed by atoms with van der Waals surface area (Å²) in [5.74, 6) is 0. The topological polar surface area (TPSA) is 49.0 Å². The van der Waals surface area contributed by atoms with Gasteiger partial charge in [-0.1, -0.05) is 121 Å². The highest BCUT2D eigenvalue weighted by Gasteiger charge is 2.23. The van der Waals surface area contributed by atoms with E-state index in [1.807, 2.05) is 24.3 Å². The Morgan fingerprint density at radius 3 is 1.40 bits per heavy atom. The largest absolute Gasteiger partial charge is 0.456 e. The Kier molecular flexibility index (Phi) is 6.77. The predicted octanol–water partition coefficient (Wildman–Crippen LogP) is 15.6. The van der Waals surface area contributed by atoms with Crippen LogP contribution in [0.3, 0.4) is 0 Å². The number of fused-ring (bicyclic) bond motifs is 14. The summed E-state index contributed by atoms with van der Waals surface area (Å²) in [6.45, 7) is 0. The van der Waals surface area contributed by atoms with Gasteiger partial charge in [-0.2, -0.15) is 0 Å². The van der Waals surface area contributed by atoms with Crippen molar-refractivity contribution in [1.29, 1.82) is 0 Å². The Labute approximate surface area is 353 Å². The fourth-order valence-corrected chi connectivity index (χ4v) is 10.1. The fourth-order valence-electron chi connectivity index (χ4n) is 10.1. The van der Waals surface area contributed by atoms with Crippen LogP contribution in [0, 0.1) is 0 Å². The summed E-state index contributed by atoms with van der Waals surface area (Å²) in [4.78, 5) is 5.50. The molecule has 5 heteroatoms. The van der Waals surface area contributed by atoms with Crippen LogP contribution in [-0.2, 0) is 0 Å². The Hall–Kier alpha value is -8.41. The summed E-state index contributed by atoms with van der Waals surface area (Å²) in [5.41, 5.74) is 14.0. The third kappa shape index (κ3) is 4.70. The highest BCUT2D eigenvalue weighted by atomic mass is 16.3. The quantitative estimate of drug-likeness (QED) is 0.178. The van der Waals surface area contributed by atoms with Crippen LogP contribution in [0.5, 0.6) is 0 Å². The lowest BCUT2D eigenvalue weighted by Crippen LogP contribution is -2.01. The number of furan rings is 2. The zero-order valence-electron chi connectivity index (χ0n) is 33.2. The molecule has 0 saturated carbocycles.